The number of carbonyl (C=O) groups is 3. The molecule has 6 nitrogen and oxygen atoms in total. The van der Waals surface area contributed by atoms with E-state index in [2.05, 4.69) is 106 Å². The minimum absolute atomic E-state index is 0.0782. The summed E-state index contributed by atoms with van der Waals surface area (Å²) < 4.78 is 16.9. The van der Waals surface area contributed by atoms with Crippen molar-refractivity contribution in [3.05, 3.63) is 85.1 Å². The summed E-state index contributed by atoms with van der Waals surface area (Å²) in [6.45, 7) is 6.49. The number of ether oxygens (including phenoxy) is 3. The van der Waals surface area contributed by atoms with Crippen molar-refractivity contribution in [1.82, 2.24) is 0 Å². The van der Waals surface area contributed by atoms with Crippen LogP contribution in [0.3, 0.4) is 0 Å². The molecule has 0 saturated carbocycles. The fourth-order valence-electron chi connectivity index (χ4n) is 9.45. The number of carbonyl (C=O) groups excluding carboxylic acids is 3. The zero-order valence-electron chi connectivity index (χ0n) is 51.0. The van der Waals surface area contributed by atoms with Crippen LogP contribution in [0.5, 0.6) is 0 Å². The van der Waals surface area contributed by atoms with E-state index in [1.54, 1.807) is 0 Å². The van der Waals surface area contributed by atoms with E-state index in [4.69, 9.17) is 14.2 Å². The molecule has 0 fully saturated rings. The predicted molar refractivity (Wildman–Crippen MR) is 334 cm³/mol. The van der Waals surface area contributed by atoms with Gasteiger partial charge < -0.3 is 14.2 Å². The molecule has 0 bridgehead atoms. The maximum absolute atomic E-state index is 12.9. The van der Waals surface area contributed by atoms with Crippen LogP contribution in [0.15, 0.2) is 85.1 Å². The third kappa shape index (κ3) is 63.3. The lowest BCUT2D eigenvalue weighted by Crippen LogP contribution is -2.30. The van der Waals surface area contributed by atoms with Crippen molar-refractivity contribution in [1.29, 1.82) is 0 Å². The smallest absolute Gasteiger partial charge is 0.306 e. The third-order valence-corrected chi connectivity index (χ3v) is 14.4. The first kappa shape index (κ1) is 73.6. The maximum Gasteiger partial charge on any atom is 0.306 e. The Labute approximate surface area is 477 Å². The van der Waals surface area contributed by atoms with Crippen molar-refractivity contribution in [2.45, 2.75) is 335 Å². The lowest BCUT2D eigenvalue weighted by Gasteiger charge is -2.18. The molecule has 0 aliphatic heterocycles. The monoisotopic (exact) mass is 1070 g/mol. The van der Waals surface area contributed by atoms with E-state index in [0.29, 0.717) is 19.3 Å². The average Bonchev–Trinajstić information content (AvgIpc) is 3.43. The molecule has 0 aromatic carbocycles. The fraction of sp³-hybridized carbons (Fsp3) is 0.761. The Morgan fingerprint density at radius 2 is 0.532 bits per heavy atom. The largest absolute Gasteiger partial charge is 0.462 e. The van der Waals surface area contributed by atoms with Crippen LogP contribution in [-0.2, 0) is 28.6 Å². The highest BCUT2D eigenvalue weighted by Crippen LogP contribution is 2.17. The summed E-state index contributed by atoms with van der Waals surface area (Å²) in [5, 5.41) is 0. The molecule has 0 aromatic heterocycles. The molecule has 1 atom stereocenters. The van der Waals surface area contributed by atoms with Crippen LogP contribution in [0.2, 0.25) is 0 Å². The normalized spacial score (nSPS) is 12.6. The van der Waals surface area contributed by atoms with Gasteiger partial charge in [0, 0.05) is 19.3 Å². The summed E-state index contributed by atoms with van der Waals surface area (Å²) in [4.78, 5) is 38.3. The Morgan fingerprint density at radius 3 is 0.857 bits per heavy atom. The van der Waals surface area contributed by atoms with Gasteiger partial charge in [0.25, 0.3) is 0 Å². The molecule has 0 aromatic rings. The minimum atomic E-state index is -0.780. The van der Waals surface area contributed by atoms with Crippen molar-refractivity contribution in [3.63, 3.8) is 0 Å². The standard InChI is InChI=1S/C71H124O6/c1-4-7-10-13-16-19-22-24-26-28-30-32-33-34-35-36-37-38-39-40-42-43-45-47-49-52-55-58-61-64-70(73)76-67-68(66-75-69(72)63-60-57-54-51-21-18-15-12-9-6-3)77-71(74)65-62-59-56-53-50-48-46-44-41-31-29-27-25-23-20-17-14-11-8-5-2/h7,10,12,15-16,19,24,26,30,32,34-35,37-38,68H,4-6,8-9,11,13-14,17-18,20-23,25,27-29,31,33,36,39-67H2,1-3H3/b10-7-,15-12-,19-16-,26-24-,32-30-,35-34-,38-37-. The van der Waals surface area contributed by atoms with Crippen molar-refractivity contribution in [2.24, 2.45) is 0 Å². The van der Waals surface area contributed by atoms with E-state index in [1.807, 2.05) is 0 Å². The lowest BCUT2D eigenvalue weighted by molar-refractivity contribution is -0.167. The summed E-state index contributed by atoms with van der Waals surface area (Å²) in [6.07, 6.45) is 86.1. The second-order valence-corrected chi connectivity index (χ2v) is 22.0. The van der Waals surface area contributed by atoms with E-state index in [0.717, 1.165) is 109 Å². The highest BCUT2D eigenvalue weighted by Gasteiger charge is 2.19. The topological polar surface area (TPSA) is 78.9 Å². The average molecular weight is 1070 g/mol. The van der Waals surface area contributed by atoms with Gasteiger partial charge in [-0.25, -0.2) is 0 Å². The first-order valence-corrected chi connectivity index (χ1v) is 33.1. The minimum Gasteiger partial charge on any atom is -0.462 e. The van der Waals surface area contributed by atoms with Crippen LogP contribution >= 0.6 is 0 Å². The van der Waals surface area contributed by atoms with Gasteiger partial charge in [-0.3, -0.25) is 14.4 Å². The van der Waals surface area contributed by atoms with E-state index in [-0.39, 0.29) is 31.1 Å². The molecule has 0 radical (unpaired) electrons. The molecule has 6 heteroatoms. The van der Waals surface area contributed by atoms with Crippen LogP contribution < -0.4 is 0 Å². The molecule has 0 aliphatic rings. The van der Waals surface area contributed by atoms with Crippen LogP contribution in [-0.4, -0.2) is 37.2 Å². The zero-order valence-corrected chi connectivity index (χ0v) is 51.0. The molecule has 77 heavy (non-hydrogen) atoms. The van der Waals surface area contributed by atoms with E-state index in [1.165, 1.54) is 180 Å². The Balaban J connectivity index is 4.21. The zero-order chi connectivity index (χ0) is 55.7. The van der Waals surface area contributed by atoms with Crippen LogP contribution in [0.1, 0.15) is 329 Å². The highest BCUT2D eigenvalue weighted by atomic mass is 16.6. The number of hydrogen-bond donors (Lipinski definition) is 0. The van der Waals surface area contributed by atoms with Crippen LogP contribution in [0, 0.1) is 0 Å². The highest BCUT2D eigenvalue weighted by molar-refractivity contribution is 5.71. The van der Waals surface area contributed by atoms with Gasteiger partial charge in [-0.2, -0.15) is 0 Å². The van der Waals surface area contributed by atoms with Gasteiger partial charge in [0.2, 0.25) is 0 Å². The second kappa shape index (κ2) is 65.1. The van der Waals surface area contributed by atoms with Crippen molar-refractivity contribution < 1.29 is 28.6 Å². The Bertz CT molecular complexity index is 1470. The fourth-order valence-corrected chi connectivity index (χ4v) is 9.45. The summed E-state index contributed by atoms with van der Waals surface area (Å²) in [7, 11) is 0. The Morgan fingerprint density at radius 1 is 0.273 bits per heavy atom. The van der Waals surface area contributed by atoms with E-state index in [9.17, 15) is 14.4 Å². The molecule has 0 heterocycles. The van der Waals surface area contributed by atoms with Crippen LogP contribution in [0.4, 0.5) is 0 Å². The number of unbranched alkanes of at least 4 members (excludes halogenated alkanes) is 35. The lowest BCUT2D eigenvalue weighted by atomic mass is 10.0. The molecular formula is C71H124O6. The molecule has 0 saturated heterocycles. The summed E-state index contributed by atoms with van der Waals surface area (Å²) in [5.74, 6) is -0.878. The number of rotatable bonds is 60. The first-order chi connectivity index (χ1) is 38.0. The number of allylic oxidation sites excluding steroid dienone is 14. The maximum atomic E-state index is 12.9. The van der Waals surface area contributed by atoms with Gasteiger partial charge >= 0.3 is 17.9 Å². The summed E-state index contributed by atoms with van der Waals surface area (Å²) >= 11 is 0. The molecule has 0 N–H and O–H groups in total. The number of esters is 3. The van der Waals surface area contributed by atoms with Gasteiger partial charge in [0.15, 0.2) is 6.10 Å². The first-order valence-electron chi connectivity index (χ1n) is 33.1. The quantitative estimate of drug-likeness (QED) is 0.0261. The summed E-state index contributed by atoms with van der Waals surface area (Å²) in [5.41, 5.74) is 0. The molecule has 0 amide bonds. The molecule has 1 unspecified atom stereocenters. The van der Waals surface area contributed by atoms with Crippen molar-refractivity contribution >= 4 is 17.9 Å². The summed E-state index contributed by atoms with van der Waals surface area (Å²) in [6, 6.07) is 0. The SMILES string of the molecule is CC/C=C\C/C=C\C/C=C\C/C=C\C/C=C\C/C=C\CCCCCCCCCCCCC(=O)OCC(COC(=O)CCCCCCC/C=C\CCC)OC(=O)CCCCCCCCCCCCCCCCCCCCCC. The third-order valence-electron chi connectivity index (χ3n) is 14.4. The predicted octanol–water partition coefficient (Wildman–Crippen LogP) is 22.7. The van der Waals surface area contributed by atoms with E-state index < -0.39 is 6.10 Å². The molecule has 0 aliphatic carbocycles. The van der Waals surface area contributed by atoms with E-state index >= 15 is 0 Å². The Kier molecular flexibility index (Phi) is 62.2. The van der Waals surface area contributed by atoms with Crippen molar-refractivity contribution in [2.75, 3.05) is 13.2 Å². The van der Waals surface area contributed by atoms with Gasteiger partial charge in [0.05, 0.1) is 0 Å². The second-order valence-electron chi connectivity index (χ2n) is 22.0. The van der Waals surface area contributed by atoms with Gasteiger partial charge in [-0.1, -0.05) is 305 Å². The Hall–Kier alpha value is -3.41. The molecular weight excluding hydrogens is 949 g/mol. The van der Waals surface area contributed by atoms with Gasteiger partial charge in [-0.15, -0.1) is 0 Å². The van der Waals surface area contributed by atoms with Gasteiger partial charge in [0.1, 0.15) is 13.2 Å². The number of hydrogen-bond acceptors (Lipinski definition) is 6. The molecule has 444 valence electrons. The van der Waals surface area contributed by atoms with Crippen LogP contribution in [0.25, 0.3) is 0 Å². The molecule has 0 rings (SSSR count). The van der Waals surface area contributed by atoms with Crippen molar-refractivity contribution in [3.8, 4) is 0 Å². The van der Waals surface area contributed by atoms with Gasteiger partial charge in [-0.05, 0) is 89.9 Å². The molecule has 0 spiro atoms.